The van der Waals surface area contributed by atoms with Crippen molar-refractivity contribution in [2.24, 2.45) is 29.4 Å². The van der Waals surface area contributed by atoms with Crippen molar-refractivity contribution in [2.75, 3.05) is 4.90 Å². The molecule has 2 amide bonds. The molecular weight excluding hydrogens is 414 g/mol. The van der Waals surface area contributed by atoms with E-state index in [2.05, 4.69) is 0 Å². The van der Waals surface area contributed by atoms with E-state index in [4.69, 9.17) is 17.3 Å². The van der Waals surface area contributed by atoms with Gasteiger partial charge in [0.15, 0.2) is 0 Å². The fourth-order valence-electron chi connectivity index (χ4n) is 6.82. The van der Waals surface area contributed by atoms with Crippen molar-refractivity contribution in [2.45, 2.75) is 58.0 Å². The summed E-state index contributed by atoms with van der Waals surface area (Å²) in [6.45, 7) is 3.19. The molecule has 1 atom stereocenters. The number of amides is 2. The normalized spacial score (nSPS) is 29.8. The maximum absolute atomic E-state index is 13.2. The van der Waals surface area contributed by atoms with Crippen LogP contribution in [-0.4, -0.2) is 22.4 Å². The minimum absolute atomic E-state index is 0.0402. The molecule has 4 saturated carbocycles. The molecule has 2 N–H and O–H groups in total. The molecule has 0 spiro atoms. The summed E-state index contributed by atoms with van der Waals surface area (Å²) < 4.78 is 1.34. The van der Waals surface area contributed by atoms with Crippen LogP contribution in [0.15, 0.2) is 29.2 Å². The molecule has 0 radical (unpaired) electrons. The molecule has 0 aliphatic heterocycles. The van der Waals surface area contributed by atoms with Gasteiger partial charge in [-0.05, 0) is 80.9 Å². The topological polar surface area (TPSA) is 85.4 Å². The smallest absolute Gasteiger partial charge is 0.259 e. The Morgan fingerprint density at radius 2 is 1.68 bits per heavy atom. The zero-order valence-electron chi connectivity index (χ0n) is 17.9. The van der Waals surface area contributed by atoms with Crippen LogP contribution in [0.1, 0.15) is 52.0 Å². The first kappa shape index (κ1) is 20.6. The monoisotopic (exact) mass is 441 g/mol. The van der Waals surface area contributed by atoms with Gasteiger partial charge >= 0.3 is 0 Å². The molecule has 7 heteroatoms. The van der Waals surface area contributed by atoms with Gasteiger partial charge in [0.25, 0.3) is 5.56 Å². The number of carbonyl (C=O) groups excluding carboxylic acids is 2. The molecule has 1 aromatic heterocycles. The number of hydrogen-bond donors (Lipinski definition) is 1. The molecule has 1 aromatic carbocycles. The van der Waals surface area contributed by atoms with Gasteiger partial charge in [0, 0.05) is 29.9 Å². The number of carbonyl (C=O) groups is 2. The number of hydrogen-bond acceptors (Lipinski definition) is 3. The van der Waals surface area contributed by atoms with E-state index >= 15 is 0 Å². The van der Waals surface area contributed by atoms with E-state index in [0.717, 1.165) is 11.8 Å². The number of aromatic nitrogens is 1. The van der Waals surface area contributed by atoms with Gasteiger partial charge in [-0.1, -0.05) is 11.6 Å². The largest absolute Gasteiger partial charge is 0.368 e. The zero-order valence-corrected chi connectivity index (χ0v) is 18.6. The molecule has 31 heavy (non-hydrogen) atoms. The quantitative estimate of drug-likeness (QED) is 0.781. The summed E-state index contributed by atoms with van der Waals surface area (Å²) in [6.07, 6.45) is 7.61. The second-order valence-electron chi connectivity index (χ2n) is 9.77. The van der Waals surface area contributed by atoms with Gasteiger partial charge in [0.05, 0.1) is 10.7 Å². The van der Waals surface area contributed by atoms with Crippen LogP contribution in [0.25, 0.3) is 10.8 Å². The van der Waals surface area contributed by atoms with Gasteiger partial charge in [-0.25, -0.2) is 0 Å². The molecule has 164 valence electrons. The molecule has 2 aromatic rings. The number of pyridine rings is 1. The van der Waals surface area contributed by atoms with Crippen LogP contribution in [0.4, 0.5) is 5.69 Å². The standard InChI is InChI=1S/C24H28ClN3O3/c1-12(23(26)30)27-6-5-18-19(24(27)31)3-4-20(25)22(18)28(13(2)29)21-16-8-14-7-15(10-16)11-17(21)9-14/h3-6,12,14-17,21H,7-11H2,1-2H3,(H2,26,30). The molecule has 4 fully saturated rings. The second kappa shape index (κ2) is 7.37. The highest BCUT2D eigenvalue weighted by atomic mass is 35.5. The van der Waals surface area contributed by atoms with Crippen molar-refractivity contribution >= 4 is 39.9 Å². The van der Waals surface area contributed by atoms with Crippen molar-refractivity contribution in [1.29, 1.82) is 0 Å². The molecule has 6 rings (SSSR count). The average molecular weight is 442 g/mol. The van der Waals surface area contributed by atoms with E-state index in [9.17, 15) is 14.4 Å². The Balaban J connectivity index is 1.66. The van der Waals surface area contributed by atoms with Crippen LogP contribution < -0.4 is 16.2 Å². The Bertz CT molecular complexity index is 1110. The molecule has 1 heterocycles. The predicted octanol–water partition coefficient (Wildman–Crippen LogP) is 3.88. The second-order valence-corrected chi connectivity index (χ2v) is 10.2. The Labute approximate surface area is 186 Å². The van der Waals surface area contributed by atoms with Crippen molar-refractivity contribution in [3.05, 3.63) is 39.8 Å². The van der Waals surface area contributed by atoms with Gasteiger partial charge in [-0.3, -0.25) is 14.4 Å². The molecule has 1 unspecified atom stereocenters. The maximum Gasteiger partial charge on any atom is 0.259 e. The lowest BCUT2D eigenvalue weighted by Crippen LogP contribution is -2.57. The van der Waals surface area contributed by atoms with Gasteiger partial charge in [-0.15, -0.1) is 0 Å². The lowest BCUT2D eigenvalue weighted by molar-refractivity contribution is -0.121. The number of nitrogens with zero attached hydrogens (tertiary/aromatic N) is 2. The first-order chi connectivity index (χ1) is 14.8. The van der Waals surface area contributed by atoms with Crippen LogP contribution in [0, 0.1) is 23.7 Å². The van der Waals surface area contributed by atoms with Gasteiger partial charge < -0.3 is 15.2 Å². The summed E-state index contributed by atoms with van der Waals surface area (Å²) in [5.41, 5.74) is 5.73. The number of primary amides is 1. The van der Waals surface area contributed by atoms with E-state index in [1.54, 1.807) is 38.2 Å². The zero-order chi connectivity index (χ0) is 22.0. The lowest BCUT2D eigenvalue weighted by atomic mass is 9.53. The van der Waals surface area contributed by atoms with Crippen LogP contribution >= 0.6 is 11.6 Å². The Morgan fingerprint density at radius 1 is 1.06 bits per heavy atom. The summed E-state index contributed by atoms with van der Waals surface area (Å²) in [7, 11) is 0. The average Bonchev–Trinajstić information content (AvgIpc) is 2.70. The van der Waals surface area contributed by atoms with E-state index in [1.165, 1.54) is 36.7 Å². The fraction of sp³-hybridized carbons (Fsp3) is 0.542. The Hall–Kier alpha value is -2.34. The van der Waals surface area contributed by atoms with Crippen LogP contribution in [0.2, 0.25) is 5.02 Å². The summed E-state index contributed by atoms with van der Waals surface area (Å²) in [4.78, 5) is 39.7. The lowest BCUT2D eigenvalue weighted by Gasteiger charge is -2.57. The number of rotatable bonds is 4. The highest BCUT2D eigenvalue weighted by molar-refractivity contribution is 6.35. The van der Waals surface area contributed by atoms with Crippen molar-refractivity contribution < 1.29 is 9.59 Å². The third-order valence-electron chi connectivity index (χ3n) is 7.92. The van der Waals surface area contributed by atoms with Crippen molar-refractivity contribution in [3.8, 4) is 0 Å². The molecule has 6 nitrogen and oxygen atoms in total. The Kier molecular flexibility index (Phi) is 4.88. The van der Waals surface area contributed by atoms with Gasteiger partial charge in [-0.2, -0.15) is 0 Å². The predicted molar refractivity (Wildman–Crippen MR) is 121 cm³/mol. The first-order valence-corrected chi connectivity index (χ1v) is 11.6. The SMILES string of the molecule is CC(=O)N(c1c(Cl)ccc2c(=O)n(C(C)C(N)=O)ccc12)C1C2CC3CC(C2)CC1C3. The van der Waals surface area contributed by atoms with Crippen LogP contribution in [0.5, 0.6) is 0 Å². The summed E-state index contributed by atoms with van der Waals surface area (Å²) in [5, 5.41) is 1.55. The minimum Gasteiger partial charge on any atom is -0.368 e. The summed E-state index contributed by atoms with van der Waals surface area (Å²) in [6, 6.07) is 4.50. The fourth-order valence-corrected chi connectivity index (χ4v) is 7.08. The molecule has 4 bridgehead atoms. The van der Waals surface area contributed by atoms with E-state index in [-0.39, 0.29) is 17.5 Å². The van der Waals surface area contributed by atoms with E-state index < -0.39 is 11.9 Å². The number of nitrogens with two attached hydrogens (primary N) is 1. The molecular formula is C24H28ClN3O3. The third-order valence-corrected chi connectivity index (χ3v) is 8.22. The molecule has 0 saturated heterocycles. The molecule has 4 aliphatic rings. The number of halogens is 1. The summed E-state index contributed by atoms with van der Waals surface area (Å²) >= 11 is 6.68. The van der Waals surface area contributed by atoms with Gasteiger partial charge in [0.2, 0.25) is 11.8 Å². The van der Waals surface area contributed by atoms with Gasteiger partial charge in [0.1, 0.15) is 6.04 Å². The summed E-state index contributed by atoms with van der Waals surface area (Å²) in [5.74, 6) is 1.94. The Morgan fingerprint density at radius 3 is 2.23 bits per heavy atom. The third kappa shape index (κ3) is 3.18. The van der Waals surface area contributed by atoms with Crippen LogP contribution in [-0.2, 0) is 9.59 Å². The van der Waals surface area contributed by atoms with E-state index in [1.807, 2.05) is 4.90 Å². The number of benzene rings is 1. The van der Waals surface area contributed by atoms with Crippen molar-refractivity contribution in [3.63, 3.8) is 0 Å². The van der Waals surface area contributed by atoms with Crippen LogP contribution in [0.3, 0.4) is 0 Å². The highest BCUT2D eigenvalue weighted by Gasteiger charge is 2.51. The highest BCUT2D eigenvalue weighted by Crippen LogP contribution is 2.56. The van der Waals surface area contributed by atoms with Crippen molar-refractivity contribution in [1.82, 2.24) is 4.57 Å². The molecule has 4 aliphatic carbocycles. The number of anilines is 1. The minimum atomic E-state index is -0.760. The number of fused-ring (bicyclic) bond motifs is 1. The maximum atomic E-state index is 13.2. The first-order valence-electron chi connectivity index (χ1n) is 11.2. The van der Waals surface area contributed by atoms with E-state index in [0.29, 0.717) is 33.3 Å².